The number of carbonyl (C=O) groups excluding carboxylic acids is 1. The van der Waals surface area contributed by atoms with Crippen LogP contribution in [0.25, 0.3) is 5.65 Å². The monoisotopic (exact) mass is 550 g/mol. The summed E-state index contributed by atoms with van der Waals surface area (Å²) in [7, 11) is 0. The maximum absolute atomic E-state index is 13.6. The largest absolute Gasteiger partial charge is 0.381 e. The molecule has 5 rings (SSSR count). The Morgan fingerprint density at radius 2 is 2.08 bits per heavy atom. The van der Waals surface area contributed by atoms with E-state index in [1.807, 2.05) is 35.4 Å². The van der Waals surface area contributed by atoms with Crippen LogP contribution in [0.3, 0.4) is 0 Å². The summed E-state index contributed by atoms with van der Waals surface area (Å²) in [4.78, 5) is 24.0. The summed E-state index contributed by atoms with van der Waals surface area (Å²) in [6.07, 6.45) is 7.70. The normalized spacial score (nSPS) is 18.9. The first kappa shape index (κ1) is 28.0. The van der Waals surface area contributed by atoms with Crippen LogP contribution in [0, 0.1) is 0 Å². The highest BCUT2D eigenvalue weighted by molar-refractivity contribution is 5.99. The van der Waals surface area contributed by atoms with Crippen molar-refractivity contribution in [3.63, 3.8) is 0 Å². The predicted molar refractivity (Wildman–Crippen MR) is 154 cm³/mol. The van der Waals surface area contributed by atoms with Gasteiger partial charge in [0.05, 0.1) is 6.20 Å². The second-order valence-corrected chi connectivity index (χ2v) is 10.8. The number of alkyl halides is 1. The summed E-state index contributed by atoms with van der Waals surface area (Å²) in [5.74, 6) is 1.23. The first-order valence-electron chi connectivity index (χ1n) is 14.2. The summed E-state index contributed by atoms with van der Waals surface area (Å²) in [5.41, 5.74) is 3.52. The molecule has 2 aliphatic heterocycles. The van der Waals surface area contributed by atoms with Crippen molar-refractivity contribution >= 4 is 29.1 Å². The summed E-state index contributed by atoms with van der Waals surface area (Å²) in [5, 5.41) is 14.4. The minimum Gasteiger partial charge on any atom is -0.381 e. The van der Waals surface area contributed by atoms with Gasteiger partial charge in [0.15, 0.2) is 5.65 Å². The van der Waals surface area contributed by atoms with Gasteiger partial charge in [-0.2, -0.15) is 19.6 Å². The molecule has 3 N–H and O–H groups in total. The number of ether oxygens (including phenoxy) is 1. The highest BCUT2D eigenvalue weighted by atomic mass is 19.1. The Morgan fingerprint density at radius 3 is 2.88 bits per heavy atom. The molecule has 0 radical (unpaired) electrons. The van der Waals surface area contributed by atoms with Gasteiger partial charge in [0.25, 0.3) is 0 Å². The summed E-state index contributed by atoms with van der Waals surface area (Å²) >= 11 is 0. The molecule has 3 aromatic rings. The van der Waals surface area contributed by atoms with Gasteiger partial charge in [-0.1, -0.05) is 32.1 Å². The Kier molecular flexibility index (Phi) is 9.22. The fraction of sp³-hybridized carbons (Fsp3) is 0.517. The Bertz CT molecular complexity index is 1320. The maximum atomic E-state index is 13.6. The van der Waals surface area contributed by atoms with E-state index in [1.54, 1.807) is 10.6 Å². The molecule has 2 aromatic heterocycles. The smallest absolute Gasteiger partial charge is 0.248 e. The maximum Gasteiger partial charge on any atom is 0.248 e. The molecule has 0 aliphatic carbocycles. The Labute approximate surface area is 234 Å². The number of rotatable bonds is 10. The molecular formula is C29H39FN8O2. The van der Waals surface area contributed by atoms with Gasteiger partial charge < -0.3 is 20.7 Å². The molecule has 1 atom stereocenters. The number of aromatic nitrogens is 4. The van der Waals surface area contributed by atoms with E-state index in [4.69, 9.17) is 14.7 Å². The van der Waals surface area contributed by atoms with E-state index in [9.17, 15) is 9.18 Å². The van der Waals surface area contributed by atoms with Gasteiger partial charge in [-0.25, -0.2) is 4.39 Å². The standard InChI is InChI=1S/C29H39FN8O2/c1-20(2)25-18-32-38-27(25)35-28(34-23-10-14-40-15-11-23)36-29(38)31-17-21-6-3-8-24(16-21)33-26(39)9-5-13-37-12-4-7-22(30)19-37/h3,5-6,8-9,16,18,20,22-23H,4,7,10-15,17,19H2,1-2H3,(H,33,39)(H2,31,34,35,36). The number of nitrogens with zero attached hydrogens (tertiary/aromatic N) is 5. The van der Waals surface area contributed by atoms with E-state index in [-0.39, 0.29) is 17.9 Å². The van der Waals surface area contributed by atoms with Crippen LogP contribution in [0.5, 0.6) is 0 Å². The third-order valence-corrected chi connectivity index (χ3v) is 7.30. The van der Waals surface area contributed by atoms with E-state index in [2.05, 4.69) is 34.9 Å². The molecular weight excluding hydrogens is 511 g/mol. The zero-order valence-corrected chi connectivity index (χ0v) is 23.3. The summed E-state index contributed by atoms with van der Waals surface area (Å²) in [6, 6.07) is 7.95. The lowest BCUT2D eigenvalue weighted by Gasteiger charge is -2.27. The van der Waals surface area contributed by atoms with Gasteiger partial charge in [0, 0.05) is 56.2 Å². The van der Waals surface area contributed by atoms with Crippen molar-refractivity contribution in [1.82, 2.24) is 24.5 Å². The molecule has 4 heterocycles. The molecule has 40 heavy (non-hydrogen) atoms. The first-order chi connectivity index (χ1) is 19.4. The van der Waals surface area contributed by atoms with Crippen LogP contribution in [-0.2, 0) is 16.1 Å². The average Bonchev–Trinajstić information content (AvgIpc) is 3.37. The quantitative estimate of drug-likeness (QED) is 0.319. The fourth-order valence-electron chi connectivity index (χ4n) is 5.10. The average molecular weight is 551 g/mol. The van der Waals surface area contributed by atoms with Crippen LogP contribution in [-0.4, -0.2) is 75.5 Å². The number of halogens is 1. The van der Waals surface area contributed by atoms with E-state index < -0.39 is 6.17 Å². The van der Waals surface area contributed by atoms with Crippen molar-refractivity contribution in [3.05, 3.63) is 53.7 Å². The molecule has 0 spiro atoms. The zero-order chi connectivity index (χ0) is 27.9. The molecule has 0 saturated carbocycles. The van der Waals surface area contributed by atoms with Crippen molar-refractivity contribution in [3.8, 4) is 0 Å². The van der Waals surface area contributed by atoms with Crippen LogP contribution in [0.4, 0.5) is 22.0 Å². The second kappa shape index (κ2) is 13.2. The lowest BCUT2D eigenvalue weighted by atomic mass is 10.1. The van der Waals surface area contributed by atoms with Gasteiger partial charge in [0.1, 0.15) is 6.17 Å². The number of hydrogen-bond acceptors (Lipinski definition) is 8. The molecule has 0 bridgehead atoms. The number of carbonyl (C=O) groups is 1. The predicted octanol–water partition coefficient (Wildman–Crippen LogP) is 4.38. The lowest BCUT2D eigenvalue weighted by Crippen LogP contribution is -2.36. The third kappa shape index (κ3) is 7.33. The SMILES string of the molecule is CC(C)c1cnn2c(NCc3cccc(NC(=O)C=CCN4CCCC(F)C4)c3)nc(NC3CCOCC3)nc12. The zero-order valence-electron chi connectivity index (χ0n) is 23.3. The van der Waals surface area contributed by atoms with Gasteiger partial charge in [-0.15, -0.1) is 0 Å². The molecule has 2 saturated heterocycles. The number of anilines is 3. The highest BCUT2D eigenvalue weighted by Crippen LogP contribution is 2.23. The van der Waals surface area contributed by atoms with Crippen LogP contribution >= 0.6 is 0 Å². The minimum absolute atomic E-state index is 0.210. The van der Waals surface area contributed by atoms with Crippen molar-refractivity contribution in [2.24, 2.45) is 0 Å². The number of hydrogen-bond donors (Lipinski definition) is 3. The molecule has 1 aromatic carbocycles. The minimum atomic E-state index is -0.772. The van der Waals surface area contributed by atoms with Crippen LogP contribution < -0.4 is 16.0 Å². The van der Waals surface area contributed by atoms with E-state index in [0.29, 0.717) is 43.6 Å². The van der Waals surface area contributed by atoms with E-state index >= 15 is 0 Å². The number of piperidine rings is 1. The highest BCUT2D eigenvalue weighted by Gasteiger charge is 2.19. The molecule has 2 aliphatic rings. The van der Waals surface area contributed by atoms with Crippen LogP contribution in [0.2, 0.25) is 0 Å². The van der Waals surface area contributed by atoms with Crippen molar-refractivity contribution in [2.45, 2.75) is 64.2 Å². The molecule has 10 nitrogen and oxygen atoms in total. The molecule has 214 valence electrons. The van der Waals surface area contributed by atoms with Crippen molar-refractivity contribution in [1.29, 1.82) is 0 Å². The number of amides is 1. The van der Waals surface area contributed by atoms with E-state index in [1.165, 1.54) is 6.08 Å². The molecule has 1 unspecified atom stereocenters. The Morgan fingerprint density at radius 1 is 1.23 bits per heavy atom. The van der Waals surface area contributed by atoms with Gasteiger partial charge in [0.2, 0.25) is 17.8 Å². The topological polar surface area (TPSA) is 109 Å². The van der Waals surface area contributed by atoms with Gasteiger partial charge >= 0.3 is 0 Å². The van der Waals surface area contributed by atoms with E-state index in [0.717, 1.165) is 55.8 Å². The van der Waals surface area contributed by atoms with Crippen molar-refractivity contribution in [2.75, 3.05) is 48.8 Å². The second-order valence-electron chi connectivity index (χ2n) is 10.8. The number of fused-ring (bicyclic) bond motifs is 1. The van der Waals surface area contributed by atoms with Crippen LogP contribution in [0.15, 0.2) is 42.6 Å². The Hall–Kier alpha value is -3.57. The Balaban J connectivity index is 1.23. The number of likely N-dealkylation sites (tertiary alicyclic amines) is 1. The molecule has 2 fully saturated rings. The number of benzene rings is 1. The van der Waals surface area contributed by atoms with Crippen LogP contribution in [0.1, 0.15) is 56.6 Å². The summed E-state index contributed by atoms with van der Waals surface area (Å²) < 4.78 is 20.8. The lowest BCUT2D eigenvalue weighted by molar-refractivity contribution is -0.111. The van der Waals surface area contributed by atoms with Gasteiger partial charge in [-0.05, 0) is 55.8 Å². The number of nitrogens with one attached hydrogen (secondary N) is 3. The van der Waals surface area contributed by atoms with Crippen molar-refractivity contribution < 1.29 is 13.9 Å². The molecule has 1 amide bonds. The fourth-order valence-corrected chi connectivity index (χ4v) is 5.10. The van der Waals surface area contributed by atoms with Gasteiger partial charge in [-0.3, -0.25) is 9.69 Å². The first-order valence-corrected chi connectivity index (χ1v) is 14.2. The third-order valence-electron chi connectivity index (χ3n) is 7.30. The summed E-state index contributed by atoms with van der Waals surface area (Å²) in [6.45, 7) is 8.07. The molecule has 11 heteroatoms.